The number of carbonyl (C=O) groups excluding carboxylic acids is 1. The first-order valence-electron chi connectivity index (χ1n) is 9.64. The van der Waals surface area contributed by atoms with E-state index in [-0.39, 0.29) is 5.78 Å². The summed E-state index contributed by atoms with van der Waals surface area (Å²) in [5.74, 6) is 2.68. The van der Waals surface area contributed by atoms with Crippen LogP contribution in [0.2, 0.25) is 0 Å². The highest BCUT2D eigenvalue weighted by Crippen LogP contribution is 2.20. The maximum atomic E-state index is 11.8. The quantitative estimate of drug-likeness (QED) is 0.139. The number of ketones is 1. The Hall–Kier alpha value is -0.0500. The minimum Gasteiger partial charge on any atom is -0.376 e. The summed E-state index contributed by atoms with van der Waals surface area (Å²) in [5.41, 5.74) is 0. The first kappa shape index (κ1) is 26.0. The molecule has 0 radical (unpaired) electrons. The van der Waals surface area contributed by atoms with E-state index < -0.39 is 0 Å². The summed E-state index contributed by atoms with van der Waals surface area (Å²) >= 11 is 0. The lowest BCUT2D eigenvalue weighted by Gasteiger charge is -2.06. The zero-order chi connectivity index (χ0) is 19.3. The number of hydrogen-bond acceptors (Lipinski definition) is 7. The van der Waals surface area contributed by atoms with Crippen LogP contribution >= 0.6 is 21.6 Å². The van der Waals surface area contributed by atoms with Gasteiger partial charge < -0.3 is 20.1 Å². The predicted octanol–water partition coefficient (Wildman–Crippen LogP) is 3.51. The lowest BCUT2D eigenvalue weighted by molar-refractivity contribution is -0.118. The molecule has 0 aliphatic heterocycles. The topological polar surface area (TPSA) is 59.6 Å². The summed E-state index contributed by atoms with van der Waals surface area (Å²) in [6, 6.07) is 0. The SMILES string of the molecule is CCC(C)/C=C/COCCNCC(=O)CCCCOCSSCCNC. The number of hydrogen-bond donors (Lipinski definition) is 2. The Morgan fingerprint density at radius 1 is 1.15 bits per heavy atom. The third-order valence-corrected chi connectivity index (χ3v) is 5.80. The molecule has 0 spiro atoms. The number of unbranched alkanes of at least 4 members (excludes halogenated alkanes) is 1. The average Bonchev–Trinajstić information content (AvgIpc) is 2.65. The van der Waals surface area contributed by atoms with Crippen molar-refractivity contribution in [2.45, 2.75) is 39.5 Å². The lowest BCUT2D eigenvalue weighted by atomic mass is 10.1. The molecule has 0 heterocycles. The Labute approximate surface area is 168 Å². The van der Waals surface area contributed by atoms with E-state index in [4.69, 9.17) is 9.47 Å². The molecule has 0 amide bonds. The molecule has 2 N–H and O–H groups in total. The van der Waals surface area contributed by atoms with Crippen molar-refractivity contribution in [2.24, 2.45) is 5.92 Å². The largest absolute Gasteiger partial charge is 0.376 e. The van der Waals surface area contributed by atoms with Crippen LogP contribution in [-0.2, 0) is 14.3 Å². The molecular formula is C19H38N2O3S2. The first-order valence-corrected chi connectivity index (χ1v) is 12.1. The van der Waals surface area contributed by atoms with Gasteiger partial charge in [-0.05, 0) is 25.8 Å². The zero-order valence-electron chi connectivity index (χ0n) is 16.8. The van der Waals surface area contributed by atoms with Crippen LogP contribution in [0.5, 0.6) is 0 Å². The Bertz CT molecular complexity index is 345. The standard InChI is InChI=1S/C19H38N2O3S2/c1-4-18(2)8-7-13-23-14-10-21-16-19(22)9-5-6-12-24-17-26-25-15-11-20-3/h7-8,18,20-21H,4-6,9-17H2,1-3H3/b8-7+. The summed E-state index contributed by atoms with van der Waals surface area (Å²) < 4.78 is 11.0. The fourth-order valence-corrected chi connectivity index (χ4v) is 3.56. The smallest absolute Gasteiger partial charge is 0.146 e. The first-order chi connectivity index (χ1) is 12.7. The highest BCUT2D eigenvalue weighted by Gasteiger charge is 2.01. The van der Waals surface area contributed by atoms with Gasteiger partial charge in [-0.25, -0.2) is 0 Å². The molecule has 1 unspecified atom stereocenters. The van der Waals surface area contributed by atoms with Gasteiger partial charge in [0.15, 0.2) is 0 Å². The van der Waals surface area contributed by atoms with E-state index in [9.17, 15) is 4.79 Å². The lowest BCUT2D eigenvalue weighted by Crippen LogP contribution is -2.26. The minimum atomic E-state index is 0.263. The molecule has 26 heavy (non-hydrogen) atoms. The molecule has 0 aromatic rings. The van der Waals surface area contributed by atoms with Gasteiger partial charge in [-0.1, -0.05) is 54.0 Å². The molecule has 0 bridgehead atoms. The molecule has 0 rings (SSSR count). The van der Waals surface area contributed by atoms with Gasteiger partial charge in [-0.2, -0.15) is 0 Å². The number of carbonyl (C=O) groups is 1. The van der Waals surface area contributed by atoms with Crippen molar-refractivity contribution in [3.63, 3.8) is 0 Å². The van der Waals surface area contributed by atoms with Gasteiger partial charge in [0.25, 0.3) is 0 Å². The third-order valence-electron chi connectivity index (χ3n) is 3.71. The van der Waals surface area contributed by atoms with Gasteiger partial charge in [0.2, 0.25) is 0 Å². The molecule has 7 heteroatoms. The molecule has 0 aromatic heterocycles. The summed E-state index contributed by atoms with van der Waals surface area (Å²) in [6.07, 6.45) is 7.87. The van der Waals surface area contributed by atoms with Crippen LogP contribution in [0.1, 0.15) is 39.5 Å². The van der Waals surface area contributed by atoms with Crippen molar-refractivity contribution in [2.75, 3.05) is 58.2 Å². The number of rotatable bonds is 20. The van der Waals surface area contributed by atoms with Gasteiger partial charge >= 0.3 is 0 Å². The highest BCUT2D eigenvalue weighted by atomic mass is 33.1. The van der Waals surface area contributed by atoms with Gasteiger partial charge in [0.05, 0.1) is 19.8 Å². The molecule has 0 saturated heterocycles. The van der Waals surface area contributed by atoms with Crippen LogP contribution in [-0.4, -0.2) is 64.0 Å². The highest BCUT2D eigenvalue weighted by molar-refractivity contribution is 8.76. The second kappa shape index (κ2) is 21.3. The van der Waals surface area contributed by atoms with Gasteiger partial charge in [0, 0.05) is 31.9 Å². The number of nitrogens with one attached hydrogen (secondary N) is 2. The van der Waals surface area contributed by atoms with Crippen molar-refractivity contribution in [3.8, 4) is 0 Å². The normalized spacial score (nSPS) is 12.7. The van der Waals surface area contributed by atoms with E-state index in [1.165, 1.54) is 0 Å². The fraction of sp³-hybridized carbons (Fsp3) is 0.842. The molecule has 0 aromatic carbocycles. The molecule has 5 nitrogen and oxygen atoms in total. The minimum absolute atomic E-state index is 0.263. The summed E-state index contributed by atoms with van der Waals surface area (Å²) in [5, 5.41) is 6.25. The van der Waals surface area contributed by atoms with Crippen LogP contribution in [0.3, 0.4) is 0 Å². The van der Waals surface area contributed by atoms with Gasteiger partial charge in [0.1, 0.15) is 11.7 Å². The molecule has 0 fully saturated rings. The van der Waals surface area contributed by atoms with E-state index in [0.29, 0.717) is 38.6 Å². The summed E-state index contributed by atoms with van der Waals surface area (Å²) in [7, 11) is 5.52. The second-order valence-corrected chi connectivity index (χ2v) is 8.66. The van der Waals surface area contributed by atoms with Crippen molar-refractivity contribution in [3.05, 3.63) is 12.2 Å². The number of Topliss-reactive ketones (excluding diaryl/α,β-unsaturated/α-hetero) is 1. The number of ether oxygens (including phenoxy) is 2. The van der Waals surface area contributed by atoms with Crippen LogP contribution < -0.4 is 10.6 Å². The molecule has 0 saturated carbocycles. The third kappa shape index (κ3) is 20.3. The van der Waals surface area contributed by atoms with Crippen molar-refractivity contribution in [1.82, 2.24) is 10.6 Å². The molecule has 0 aliphatic rings. The molecule has 1 atom stereocenters. The fourth-order valence-electron chi connectivity index (χ4n) is 1.89. The zero-order valence-corrected chi connectivity index (χ0v) is 18.4. The second-order valence-electron chi connectivity index (χ2n) is 6.13. The van der Waals surface area contributed by atoms with Gasteiger partial charge in [-0.3, -0.25) is 4.79 Å². The van der Waals surface area contributed by atoms with Crippen LogP contribution in [0.4, 0.5) is 0 Å². The monoisotopic (exact) mass is 406 g/mol. The maximum absolute atomic E-state index is 11.8. The van der Waals surface area contributed by atoms with E-state index in [1.807, 2.05) is 17.8 Å². The van der Waals surface area contributed by atoms with Crippen molar-refractivity contribution >= 4 is 27.4 Å². The maximum Gasteiger partial charge on any atom is 0.146 e. The van der Waals surface area contributed by atoms with Crippen molar-refractivity contribution in [1.29, 1.82) is 0 Å². The van der Waals surface area contributed by atoms with E-state index >= 15 is 0 Å². The average molecular weight is 407 g/mol. The van der Waals surface area contributed by atoms with E-state index in [0.717, 1.165) is 44.1 Å². The van der Waals surface area contributed by atoms with Crippen LogP contribution in [0.25, 0.3) is 0 Å². The Morgan fingerprint density at radius 3 is 2.77 bits per heavy atom. The molecular weight excluding hydrogens is 368 g/mol. The van der Waals surface area contributed by atoms with Crippen molar-refractivity contribution < 1.29 is 14.3 Å². The Balaban J connectivity index is 3.24. The van der Waals surface area contributed by atoms with Crippen LogP contribution in [0, 0.1) is 5.92 Å². The van der Waals surface area contributed by atoms with Crippen LogP contribution in [0.15, 0.2) is 12.2 Å². The number of allylic oxidation sites excluding steroid dienone is 1. The van der Waals surface area contributed by atoms with Gasteiger partial charge in [-0.15, -0.1) is 0 Å². The van der Waals surface area contributed by atoms with E-state index in [2.05, 4.69) is 36.6 Å². The van der Waals surface area contributed by atoms with E-state index in [1.54, 1.807) is 10.8 Å². The molecule has 0 aliphatic carbocycles. The predicted molar refractivity (Wildman–Crippen MR) is 116 cm³/mol. The molecule has 154 valence electrons. The Morgan fingerprint density at radius 2 is 2.00 bits per heavy atom. The summed E-state index contributed by atoms with van der Waals surface area (Å²) in [6.45, 7) is 8.56. The Kier molecular flexibility index (Phi) is 21.2. The summed E-state index contributed by atoms with van der Waals surface area (Å²) in [4.78, 5) is 11.8.